The third-order valence-corrected chi connectivity index (χ3v) is 7.05. The summed E-state index contributed by atoms with van der Waals surface area (Å²) in [5, 5.41) is 12.0. The zero-order valence-electron chi connectivity index (χ0n) is 17.1. The number of carbonyl (C=O) groups is 1. The summed E-state index contributed by atoms with van der Waals surface area (Å²) in [4.78, 5) is 17.3. The zero-order valence-corrected chi connectivity index (χ0v) is 19.5. The van der Waals surface area contributed by atoms with Crippen molar-refractivity contribution >= 4 is 49.8 Å². The Morgan fingerprint density at radius 2 is 2.00 bits per heavy atom. The summed E-state index contributed by atoms with van der Waals surface area (Å²) in [6.07, 6.45) is 2.76. The molecule has 9 nitrogen and oxygen atoms in total. The van der Waals surface area contributed by atoms with Crippen LogP contribution in [-0.4, -0.2) is 46.1 Å². The number of anilines is 2. The number of thiazole rings is 1. The monoisotopic (exact) mass is 484 g/mol. The molecular formula is C18H21FN6O3S3. The van der Waals surface area contributed by atoms with Crippen molar-refractivity contribution in [3.8, 4) is 0 Å². The van der Waals surface area contributed by atoms with Crippen LogP contribution in [0, 0.1) is 12.7 Å². The third kappa shape index (κ3) is 6.02. The molecule has 13 heteroatoms. The maximum absolute atomic E-state index is 13.3. The highest BCUT2D eigenvalue weighted by atomic mass is 32.2. The molecule has 0 radical (unpaired) electrons. The van der Waals surface area contributed by atoms with Crippen molar-refractivity contribution in [1.82, 2.24) is 19.7 Å². The van der Waals surface area contributed by atoms with Crippen LogP contribution >= 0.6 is 23.1 Å². The Hall–Kier alpha value is -2.51. The topological polar surface area (TPSA) is 110 Å². The molecule has 0 aliphatic carbocycles. The number of aromatic nitrogens is 4. The summed E-state index contributed by atoms with van der Waals surface area (Å²) >= 11 is 2.58. The Morgan fingerprint density at radius 1 is 1.29 bits per heavy atom. The van der Waals surface area contributed by atoms with Gasteiger partial charge in [0.2, 0.25) is 15.9 Å². The number of carbonyl (C=O) groups excluding carboxylic acids is 1. The van der Waals surface area contributed by atoms with Gasteiger partial charge in [0.05, 0.1) is 24.2 Å². The number of amides is 1. The van der Waals surface area contributed by atoms with Gasteiger partial charge in [-0.25, -0.2) is 17.8 Å². The van der Waals surface area contributed by atoms with Gasteiger partial charge in [-0.15, -0.1) is 21.5 Å². The first-order valence-corrected chi connectivity index (χ1v) is 12.8. The summed E-state index contributed by atoms with van der Waals surface area (Å²) in [5.41, 5.74) is 0.321. The minimum atomic E-state index is -3.65. The molecule has 2 heterocycles. The average molecular weight is 485 g/mol. The molecule has 0 unspecified atom stereocenters. The fraction of sp³-hybridized carbons (Fsp3) is 0.333. The van der Waals surface area contributed by atoms with Crippen molar-refractivity contribution in [2.45, 2.75) is 32.1 Å². The Kier molecular flexibility index (Phi) is 7.28. The van der Waals surface area contributed by atoms with Crippen LogP contribution in [0.15, 0.2) is 35.6 Å². The van der Waals surface area contributed by atoms with Crippen LogP contribution in [-0.2, 0) is 27.9 Å². The number of nitrogens with zero attached hydrogens (tertiary/aromatic N) is 5. The molecule has 0 aliphatic heterocycles. The van der Waals surface area contributed by atoms with E-state index in [0.29, 0.717) is 28.3 Å². The van der Waals surface area contributed by atoms with Crippen LogP contribution < -0.4 is 9.62 Å². The molecule has 1 N–H and O–H groups in total. The van der Waals surface area contributed by atoms with E-state index < -0.39 is 15.8 Å². The van der Waals surface area contributed by atoms with Crippen molar-refractivity contribution in [2.24, 2.45) is 0 Å². The molecule has 0 bridgehead atoms. The van der Waals surface area contributed by atoms with Gasteiger partial charge in [-0.2, -0.15) is 0 Å². The summed E-state index contributed by atoms with van der Waals surface area (Å²) in [6, 6.07) is 5.18. The number of sulfonamides is 1. The first-order chi connectivity index (χ1) is 14.7. The normalized spacial score (nSPS) is 11.5. The highest BCUT2D eigenvalue weighted by Crippen LogP contribution is 2.23. The van der Waals surface area contributed by atoms with Crippen LogP contribution in [0.5, 0.6) is 0 Å². The highest BCUT2D eigenvalue weighted by Gasteiger charge is 2.22. The lowest BCUT2D eigenvalue weighted by atomic mass is 10.3. The first-order valence-electron chi connectivity index (χ1n) is 9.17. The molecule has 0 saturated carbocycles. The summed E-state index contributed by atoms with van der Waals surface area (Å²) in [6.45, 7) is 4.19. The van der Waals surface area contributed by atoms with Gasteiger partial charge in [-0.05, 0) is 38.1 Å². The van der Waals surface area contributed by atoms with E-state index in [-0.39, 0.29) is 18.2 Å². The molecule has 3 rings (SSSR count). The summed E-state index contributed by atoms with van der Waals surface area (Å²) < 4.78 is 40.8. The quantitative estimate of drug-likeness (QED) is 0.465. The molecule has 3 aromatic rings. The van der Waals surface area contributed by atoms with E-state index in [1.165, 1.54) is 47.4 Å². The van der Waals surface area contributed by atoms with E-state index in [1.54, 1.807) is 10.8 Å². The number of thioether (sulfide) groups is 1. The van der Waals surface area contributed by atoms with Crippen LogP contribution in [0.25, 0.3) is 0 Å². The molecule has 2 aromatic heterocycles. The molecule has 31 heavy (non-hydrogen) atoms. The van der Waals surface area contributed by atoms with Crippen LogP contribution in [0.2, 0.25) is 0 Å². The largest absolute Gasteiger partial charge is 0.305 e. The van der Waals surface area contributed by atoms with Gasteiger partial charge in [0.1, 0.15) is 5.82 Å². The molecule has 166 valence electrons. The van der Waals surface area contributed by atoms with Gasteiger partial charge in [-0.1, -0.05) is 11.8 Å². The van der Waals surface area contributed by atoms with Crippen LogP contribution in [0.3, 0.4) is 0 Å². The van der Waals surface area contributed by atoms with Gasteiger partial charge in [0.15, 0.2) is 16.1 Å². The lowest BCUT2D eigenvalue weighted by Gasteiger charge is -2.22. The van der Waals surface area contributed by atoms with Crippen molar-refractivity contribution in [3.05, 3.63) is 47.0 Å². The Morgan fingerprint density at radius 3 is 2.58 bits per heavy atom. The van der Waals surface area contributed by atoms with E-state index in [1.807, 2.05) is 13.8 Å². The van der Waals surface area contributed by atoms with E-state index in [0.717, 1.165) is 15.4 Å². The van der Waals surface area contributed by atoms with E-state index in [9.17, 15) is 17.6 Å². The second-order valence-corrected chi connectivity index (χ2v) is 10.6. The lowest BCUT2D eigenvalue weighted by molar-refractivity contribution is -0.113. The fourth-order valence-corrected chi connectivity index (χ4v) is 5.05. The van der Waals surface area contributed by atoms with Crippen molar-refractivity contribution in [2.75, 3.05) is 21.6 Å². The second-order valence-electron chi connectivity index (χ2n) is 6.50. The lowest BCUT2D eigenvalue weighted by Crippen LogP contribution is -2.30. The van der Waals surface area contributed by atoms with Gasteiger partial charge in [0, 0.05) is 17.6 Å². The number of benzene rings is 1. The molecule has 0 aliphatic rings. The van der Waals surface area contributed by atoms with Crippen molar-refractivity contribution < 1.29 is 17.6 Å². The SMILES string of the molecule is CCn1c(CN(c2ccc(F)cc2)S(C)(=O)=O)nnc1SCC(=O)Nc1ncc(C)s1. The average Bonchev–Trinajstić information content (AvgIpc) is 3.29. The van der Waals surface area contributed by atoms with Crippen LogP contribution in [0.4, 0.5) is 15.2 Å². The number of aryl methyl sites for hydroxylation is 1. The number of hydrogen-bond acceptors (Lipinski definition) is 8. The molecule has 0 atom stereocenters. The smallest absolute Gasteiger partial charge is 0.236 e. The maximum atomic E-state index is 13.3. The maximum Gasteiger partial charge on any atom is 0.236 e. The number of nitrogens with one attached hydrogen (secondary N) is 1. The molecule has 1 amide bonds. The minimum Gasteiger partial charge on any atom is -0.305 e. The predicted molar refractivity (Wildman–Crippen MR) is 119 cm³/mol. The summed E-state index contributed by atoms with van der Waals surface area (Å²) in [5.74, 6) is -0.171. The van der Waals surface area contributed by atoms with E-state index >= 15 is 0 Å². The van der Waals surface area contributed by atoms with Crippen molar-refractivity contribution in [1.29, 1.82) is 0 Å². The summed E-state index contributed by atoms with van der Waals surface area (Å²) in [7, 11) is -3.65. The fourth-order valence-electron chi connectivity index (χ4n) is 2.69. The van der Waals surface area contributed by atoms with E-state index in [4.69, 9.17) is 0 Å². The zero-order chi connectivity index (χ0) is 22.6. The third-order valence-electron chi connectivity index (χ3n) is 4.11. The Labute approximate surface area is 187 Å². The van der Waals surface area contributed by atoms with Crippen LogP contribution in [0.1, 0.15) is 17.6 Å². The van der Waals surface area contributed by atoms with E-state index in [2.05, 4.69) is 20.5 Å². The minimum absolute atomic E-state index is 0.0730. The van der Waals surface area contributed by atoms with Gasteiger partial charge in [0.25, 0.3) is 0 Å². The van der Waals surface area contributed by atoms with Gasteiger partial charge in [-0.3, -0.25) is 9.10 Å². The standard InChI is InChI=1S/C18H21FN6O3S3/c1-4-24-15(10-25(31(3,27)28)14-7-5-13(19)6-8-14)22-23-18(24)29-11-16(26)21-17-20-9-12(2)30-17/h5-9H,4,10-11H2,1-3H3,(H,20,21,26). The first kappa shape index (κ1) is 23.2. The number of rotatable bonds is 9. The van der Waals surface area contributed by atoms with Gasteiger partial charge < -0.3 is 9.88 Å². The molecule has 0 fully saturated rings. The second kappa shape index (κ2) is 9.75. The Balaban J connectivity index is 1.73. The number of hydrogen-bond donors (Lipinski definition) is 1. The molecule has 1 aromatic carbocycles. The predicted octanol–water partition coefficient (Wildman–Crippen LogP) is 2.90. The molecule has 0 spiro atoms. The molecule has 0 saturated heterocycles. The molecular weight excluding hydrogens is 463 g/mol. The van der Waals surface area contributed by atoms with Gasteiger partial charge >= 0.3 is 0 Å². The highest BCUT2D eigenvalue weighted by molar-refractivity contribution is 7.99. The number of halogens is 1. The van der Waals surface area contributed by atoms with Crippen molar-refractivity contribution in [3.63, 3.8) is 0 Å². The Bertz CT molecular complexity index is 1160.